The van der Waals surface area contributed by atoms with Gasteiger partial charge in [0.2, 0.25) is 0 Å². The molecule has 2 rings (SSSR count). The second-order valence-corrected chi connectivity index (χ2v) is 23.6. The summed E-state index contributed by atoms with van der Waals surface area (Å²) >= 11 is -2.35. The molecule has 1 aromatic carbocycles. The van der Waals surface area contributed by atoms with Crippen molar-refractivity contribution in [3.8, 4) is 0 Å². The van der Waals surface area contributed by atoms with E-state index in [1.807, 2.05) is 13.8 Å². The molecule has 3 heteroatoms. The molecule has 2 nitrogen and oxygen atoms in total. The van der Waals surface area contributed by atoms with Crippen molar-refractivity contribution in [1.82, 2.24) is 0 Å². The summed E-state index contributed by atoms with van der Waals surface area (Å²) in [5.74, 6) is -0.509. The molecule has 0 amide bonds. The number of rotatable bonds is 11. The molecule has 0 aliphatic carbocycles. The molecule has 0 N–H and O–H groups in total. The number of benzene rings is 1. The van der Waals surface area contributed by atoms with Crippen LogP contribution < -0.4 is 3.58 Å². The van der Waals surface area contributed by atoms with Crippen LogP contribution in [0.5, 0.6) is 0 Å². The summed E-state index contributed by atoms with van der Waals surface area (Å²) in [7, 11) is 0. The van der Waals surface area contributed by atoms with Crippen molar-refractivity contribution in [2.24, 2.45) is 5.41 Å². The van der Waals surface area contributed by atoms with Crippen molar-refractivity contribution in [3.63, 3.8) is 0 Å². The summed E-state index contributed by atoms with van der Waals surface area (Å²) < 4.78 is 18.6. The molecule has 0 radical (unpaired) electrons. The fourth-order valence-corrected chi connectivity index (χ4v) is 20.7. The van der Waals surface area contributed by atoms with Crippen molar-refractivity contribution in [2.75, 3.05) is 6.61 Å². The molecule has 1 aliphatic heterocycles. The van der Waals surface area contributed by atoms with Crippen molar-refractivity contribution >= 4 is 22.0 Å². The Morgan fingerprint density at radius 3 is 1.76 bits per heavy atom. The van der Waals surface area contributed by atoms with E-state index in [9.17, 15) is 0 Å². The third-order valence-electron chi connectivity index (χ3n) is 6.76. The molecule has 1 aliphatic rings. The van der Waals surface area contributed by atoms with Crippen LogP contribution in [0.15, 0.2) is 24.3 Å². The SMILES string of the molecule is CCC[CH2][Sn]([CH2]CCC)([CH2]CCC)[c]1ccc(C2OC(C)(C)OCC2(C)C)cc1. The van der Waals surface area contributed by atoms with E-state index in [1.165, 1.54) is 57.4 Å². The van der Waals surface area contributed by atoms with Crippen molar-refractivity contribution < 1.29 is 9.47 Å². The first kappa shape index (κ1) is 25.2. The van der Waals surface area contributed by atoms with E-state index in [-0.39, 0.29) is 11.5 Å². The van der Waals surface area contributed by atoms with Crippen LogP contribution >= 0.6 is 0 Å². The van der Waals surface area contributed by atoms with Crippen molar-refractivity contribution in [2.45, 2.75) is 112 Å². The van der Waals surface area contributed by atoms with Gasteiger partial charge in [0.1, 0.15) is 0 Å². The van der Waals surface area contributed by atoms with Crippen LogP contribution in [0.25, 0.3) is 0 Å². The van der Waals surface area contributed by atoms with Crippen LogP contribution in [0.1, 0.15) is 98.7 Å². The van der Waals surface area contributed by atoms with Gasteiger partial charge in [0.15, 0.2) is 0 Å². The molecule has 0 saturated carbocycles. The monoisotopic (exact) mass is 510 g/mol. The summed E-state index contributed by atoms with van der Waals surface area (Å²) in [5, 5.41) is 0. The van der Waals surface area contributed by atoms with Gasteiger partial charge in [0.05, 0.1) is 0 Å². The second kappa shape index (κ2) is 11.0. The molecule has 1 atom stereocenters. The van der Waals surface area contributed by atoms with Crippen molar-refractivity contribution in [3.05, 3.63) is 29.8 Å². The third-order valence-corrected chi connectivity index (χ3v) is 22.4. The minimum atomic E-state index is -2.35. The zero-order valence-corrected chi connectivity index (χ0v) is 23.1. The Hall–Kier alpha value is -0.0613. The fourth-order valence-electron chi connectivity index (χ4n) is 4.80. The summed E-state index contributed by atoms with van der Waals surface area (Å²) in [6.07, 6.45) is 8.31. The second-order valence-electron chi connectivity index (χ2n) is 10.4. The van der Waals surface area contributed by atoms with E-state index in [2.05, 4.69) is 58.9 Å². The van der Waals surface area contributed by atoms with Gasteiger partial charge >= 0.3 is 185 Å². The number of hydrogen-bond donors (Lipinski definition) is 0. The predicted octanol–water partition coefficient (Wildman–Crippen LogP) is 7.59. The van der Waals surface area contributed by atoms with Gasteiger partial charge < -0.3 is 0 Å². The number of ether oxygens (including phenoxy) is 2. The first-order valence-electron chi connectivity index (χ1n) is 12.1. The van der Waals surface area contributed by atoms with E-state index in [4.69, 9.17) is 9.47 Å². The van der Waals surface area contributed by atoms with Crippen LogP contribution in [0, 0.1) is 5.41 Å². The van der Waals surface area contributed by atoms with Gasteiger partial charge in [-0.25, -0.2) is 0 Å². The molecule has 1 aromatic rings. The Kier molecular flexibility index (Phi) is 9.56. The Morgan fingerprint density at radius 2 is 1.31 bits per heavy atom. The Morgan fingerprint density at radius 1 is 0.828 bits per heavy atom. The molecule has 0 spiro atoms. The standard InChI is InChI=1S/C14H19O2.3C4H9.Sn/c1-13(2)10-15-14(3,4)16-12(13)11-8-6-5-7-9-11;3*1-3-4-2;/h6-9,12H,10H2,1-4H3;3*1,3-4H2,2H3;. The molecule has 0 bridgehead atoms. The Balaban J connectivity index is 2.33. The molecule has 1 unspecified atom stereocenters. The Bertz CT molecular complexity index is 584. The average molecular weight is 509 g/mol. The van der Waals surface area contributed by atoms with Gasteiger partial charge in [-0.05, 0) is 0 Å². The zero-order chi connectivity index (χ0) is 21.5. The first-order chi connectivity index (χ1) is 13.7. The van der Waals surface area contributed by atoms with E-state index in [1.54, 1.807) is 3.58 Å². The molecule has 1 heterocycles. The van der Waals surface area contributed by atoms with Crippen LogP contribution in [-0.2, 0) is 9.47 Å². The quantitative estimate of drug-likeness (QED) is 0.286. The zero-order valence-electron chi connectivity index (χ0n) is 20.3. The first-order valence-corrected chi connectivity index (χ1v) is 19.6. The molecule has 0 aromatic heterocycles. The molecule has 1 fully saturated rings. The van der Waals surface area contributed by atoms with E-state index in [0.717, 1.165) is 6.61 Å². The summed E-state index contributed by atoms with van der Waals surface area (Å²) in [5.41, 5.74) is 1.31. The Labute approximate surface area is 185 Å². The number of unbranched alkanes of at least 4 members (excludes halogenated alkanes) is 3. The molecular formula is C26H46O2Sn. The van der Waals surface area contributed by atoms with Crippen molar-refractivity contribution in [1.29, 1.82) is 0 Å². The normalized spacial score (nSPS) is 21.3. The van der Waals surface area contributed by atoms with Crippen LogP contribution in [0.3, 0.4) is 0 Å². The van der Waals surface area contributed by atoms with Crippen LogP contribution in [0.2, 0.25) is 13.3 Å². The maximum atomic E-state index is 6.39. The minimum absolute atomic E-state index is 0.00988. The van der Waals surface area contributed by atoms with Crippen LogP contribution in [-0.4, -0.2) is 30.8 Å². The fraction of sp³-hybridized carbons (Fsp3) is 0.769. The maximum absolute atomic E-state index is 6.39. The van der Waals surface area contributed by atoms with Gasteiger partial charge in [-0.3, -0.25) is 0 Å². The predicted molar refractivity (Wildman–Crippen MR) is 129 cm³/mol. The number of hydrogen-bond acceptors (Lipinski definition) is 2. The summed E-state index contributed by atoms with van der Waals surface area (Å²) in [4.78, 5) is 0. The van der Waals surface area contributed by atoms with Gasteiger partial charge in [-0.15, -0.1) is 0 Å². The molecule has 1 saturated heterocycles. The third kappa shape index (κ3) is 6.71. The van der Waals surface area contributed by atoms with E-state index >= 15 is 0 Å². The van der Waals surface area contributed by atoms with Gasteiger partial charge in [0, 0.05) is 0 Å². The van der Waals surface area contributed by atoms with E-state index < -0.39 is 24.2 Å². The molecule has 29 heavy (non-hydrogen) atoms. The van der Waals surface area contributed by atoms with Gasteiger partial charge in [-0.1, -0.05) is 0 Å². The summed E-state index contributed by atoms with van der Waals surface area (Å²) in [6, 6.07) is 9.79. The average Bonchev–Trinajstić information content (AvgIpc) is 2.70. The van der Waals surface area contributed by atoms with E-state index in [0.29, 0.717) is 0 Å². The van der Waals surface area contributed by atoms with Crippen LogP contribution in [0.4, 0.5) is 0 Å². The van der Waals surface area contributed by atoms with Gasteiger partial charge in [0.25, 0.3) is 0 Å². The molecular weight excluding hydrogens is 463 g/mol. The topological polar surface area (TPSA) is 18.5 Å². The molecule has 166 valence electrons. The van der Waals surface area contributed by atoms with Gasteiger partial charge in [-0.2, -0.15) is 0 Å². The summed E-state index contributed by atoms with van der Waals surface area (Å²) in [6.45, 7) is 16.4.